The van der Waals surface area contributed by atoms with E-state index in [1.54, 1.807) is 41.6 Å². The maximum Gasteiger partial charge on any atom is 0.254 e. The van der Waals surface area contributed by atoms with Crippen LogP contribution in [0.3, 0.4) is 0 Å². The van der Waals surface area contributed by atoms with Gasteiger partial charge in [-0.05, 0) is 36.1 Å². The summed E-state index contributed by atoms with van der Waals surface area (Å²) >= 11 is 1.58. The minimum absolute atomic E-state index is 0.145. The maximum absolute atomic E-state index is 12.9. The van der Waals surface area contributed by atoms with Crippen molar-refractivity contribution < 1.29 is 13.2 Å². The van der Waals surface area contributed by atoms with Crippen molar-refractivity contribution in [1.82, 2.24) is 14.9 Å². The molecule has 0 unspecified atom stereocenters. The Morgan fingerprint density at radius 2 is 1.86 bits per heavy atom. The Balaban J connectivity index is 1.51. The second-order valence-corrected chi connectivity index (χ2v) is 9.75. The molecule has 0 atom stereocenters. The fourth-order valence-electron chi connectivity index (χ4n) is 3.47. The van der Waals surface area contributed by atoms with Gasteiger partial charge in [0.2, 0.25) is 0 Å². The topological polar surface area (TPSA) is 83.5 Å². The number of carbonyl (C=O) groups excluding carboxylic acids is 1. The summed E-state index contributed by atoms with van der Waals surface area (Å²) in [6, 6.07) is 6.89. The van der Waals surface area contributed by atoms with Crippen molar-refractivity contribution in [2.24, 2.45) is 0 Å². The third-order valence-corrected chi connectivity index (χ3v) is 7.00. The number of aryl methyl sites for hydroxylation is 1. The fraction of sp³-hybridized carbons (Fsp3) is 0.316. The monoisotopic (exact) mass is 416 g/mol. The molecule has 2 aromatic heterocycles. The van der Waals surface area contributed by atoms with Crippen LogP contribution in [0.1, 0.15) is 15.9 Å². The highest BCUT2D eigenvalue weighted by atomic mass is 32.2. The van der Waals surface area contributed by atoms with Gasteiger partial charge in [-0.3, -0.25) is 4.79 Å². The summed E-state index contributed by atoms with van der Waals surface area (Å²) in [7, 11) is -3.37. The van der Waals surface area contributed by atoms with Gasteiger partial charge in [-0.2, -0.15) is 0 Å². The van der Waals surface area contributed by atoms with Gasteiger partial charge < -0.3 is 9.80 Å². The zero-order valence-corrected chi connectivity index (χ0v) is 17.3. The van der Waals surface area contributed by atoms with Crippen molar-refractivity contribution in [3.8, 4) is 0 Å². The van der Waals surface area contributed by atoms with Crippen molar-refractivity contribution in [3.05, 3.63) is 47.1 Å². The number of amides is 1. The molecule has 3 heterocycles. The molecule has 1 aliphatic rings. The van der Waals surface area contributed by atoms with E-state index in [0.29, 0.717) is 37.3 Å². The van der Waals surface area contributed by atoms with Crippen LogP contribution in [0.2, 0.25) is 0 Å². The molecule has 1 saturated heterocycles. The number of hydrogen-bond acceptors (Lipinski definition) is 7. The van der Waals surface area contributed by atoms with E-state index in [-0.39, 0.29) is 10.8 Å². The van der Waals surface area contributed by atoms with E-state index in [4.69, 9.17) is 0 Å². The molecule has 1 fully saturated rings. The Morgan fingerprint density at radius 3 is 2.57 bits per heavy atom. The van der Waals surface area contributed by atoms with Crippen LogP contribution in [0.25, 0.3) is 10.2 Å². The van der Waals surface area contributed by atoms with Crippen LogP contribution in [0.5, 0.6) is 0 Å². The van der Waals surface area contributed by atoms with Crippen molar-refractivity contribution >= 4 is 43.1 Å². The molecule has 0 spiro atoms. The predicted molar refractivity (Wildman–Crippen MR) is 110 cm³/mol. The molecule has 7 nitrogen and oxygen atoms in total. The molecule has 0 saturated carbocycles. The van der Waals surface area contributed by atoms with Crippen LogP contribution in [0.4, 0.5) is 5.82 Å². The van der Waals surface area contributed by atoms with Crippen molar-refractivity contribution in [3.63, 3.8) is 0 Å². The van der Waals surface area contributed by atoms with Gasteiger partial charge in [-0.25, -0.2) is 18.4 Å². The maximum atomic E-state index is 12.9. The van der Waals surface area contributed by atoms with E-state index >= 15 is 0 Å². The van der Waals surface area contributed by atoms with Crippen molar-refractivity contribution in [2.45, 2.75) is 11.8 Å². The molecular weight excluding hydrogens is 396 g/mol. The Labute approximate surface area is 167 Å². The highest BCUT2D eigenvalue weighted by molar-refractivity contribution is 7.90. The summed E-state index contributed by atoms with van der Waals surface area (Å²) < 4.78 is 23.9. The average molecular weight is 417 g/mol. The Morgan fingerprint density at radius 1 is 1.11 bits per heavy atom. The number of hydrogen-bond donors (Lipinski definition) is 0. The molecule has 1 aromatic carbocycles. The minimum atomic E-state index is -3.37. The van der Waals surface area contributed by atoms with Crippen LogP contribution < -0.4 is 4.90 Å². The lowest BCUT2D eigenvalue weighted by Crippen LogP contribution is -2.49. The third kappa shape index (κ3) is 3.47. The number of aromatic nitrogens is 2. The van der Waals surface area contributed by atoms with E-state index < -0.39 is 9.84 Å². The van der Waals surface area contributed by atoms with Crippen LogP contribution in [0, 0.1) is 6.92 Å². The van der Waals surface area contributed by atoms with Crippen LogP contribution in [-0.4, -0.2) is 61.6 Å². The molecular formula is C19H20N4O3S2. The smallest absolute Gasteiger partial charge is 0.254 e. The molecule has 0 aliphatic carbocycles. The lowest BCUT2D eigenvalue weighted by Gasteiger charge is -2.35. The molecule has 0 radical (unpaired) electrons. The SMILES string of the molecule is Cc1ccc(C(=O)N2CCN(c3ncnc4sccc34)CC2)cc1S(C)(=O)=O. The zero-order valence-electron chi connectivity index (χ0n) is 15.6. The number of fused-ring (bicyclic) bond motifs is 1. The first-order chi connectivity index (χ1) is 13.3. The van der Waals surface area contributed by atoms with Gasteiger partial charge in [-0.1, -0.05) is 6.07 Å². The second-order valence-electron chi connectivity index (χ2n) is 6.87. The second kappa shape index (κ2) is 7.14. The van der Waals surface area contributed by atoms with Gasteiger partial charge in [0.25, 0.3) is 5.91 Å². The van der Waals surface area contributed by atoms with E-state index in [1.807, 2.05) is 11.4 Å². The van der Waals surface area contributed by atoms with Gasteiger partial charge in [0.05, 0.1) is 10.3 Å². The molecule has 9 heteroatoms. The summed E-state index contributed by atoms with van der Waals surface area (Å²) in [5.74, 6) is 0.751. The number of benzene rings is 1. The first-order valence-corrected chi connectivity index (χ1v) is 11.6. The lowest BCUT2D eigenvalue weighted by molar-refractivity contribution is 0.0746. The van der Waals surface area contributed by atoms with Crippen LogP contribution in [-0.2, 0) is 9.84 Å². The molecule has 0 N–H and O–H groups in total. The van der Waals surface area contributed by atoms with Gasteiger partial charge in [-0.15, -0.1) is 11.3 Å². The molecule has 28 heavy (non-hydrogen) atoms. The van der Waals surface area contributed by atoms with Crippen molar-refractivity contribution in [2.75, 3.05) is 37.3 Å². The Bertz CT molecular complexity index is 1150. The quantitative estimate of drug-likeness (QED) is 0.652. The molecule has 146 valence electrons. The first kappa shape index (κ1) is 18.8. The highest BCUT2D eigenvalue weighted by Crippen LogP contribution is 2.27. The third-order valence-electron chi connectivity index (χ3n) is 4.94. The number of thiophene rings is 1. The lowest BCUT2D eigenvalue weighted by atomic mass is 10.1. The van der Waals surface area contributed by atoms with Gasteiger partial charge in [0.1, 0.15) is 17.0 Å². The molecule has 1 aliphatic heterocycles. The predicted octanol–water partition coefficient (Wildman–Crippen LogP) is 2.37. The van der Waals surface area contributed by atoms with Gasteiger partial charge in [0, 0.05) is 38.0 Å². The van der Waals surface area contributed by atoms with E-state index in [9.17, 15) is 13.2 Å². The number of piperazine rings is 1. The zero-order chi connectivity index (χ0) is 19.9. The average Bonchev–Trinajstić information content (AvgIpc) is 3.16. The minimum Gasteiger partial charge on any atom is -0.352 e. The number of rotatable bonds is 3. The number of nitrogens with zero attached hydrogens (tertiary/aromatic N) is 4. The van der Waals surface area contributed by atoms with Gasteiger partial charge in [0.15, 0.2) is 9.84 Å². The summed E-state index contributed by atoms with van der Waals surface area (Å²) in [6.45, 7) is 4.17. The van der Waals surface area contributed by atoms with E-state index in [0.717, 1.165) is 22.3 Å². The highest BCUT2D eigenvalue weighted by Gasteiger charge is 2.25. The summed E-state index contributed by atoms with van der Waals surface area (Å²) in [5.41, 5.74) is 1.05. The first-order valence-electron chi connectivity index (χ1n) is 8.88. The van der Waals surface area contributed by atoms with Crippen molar-refractivity contribution in [1.29, 1.82) is 0 Å². The van der Waals surface area contributed by atoms with Gasteiger partial charge >= 0.3 is 0 Å². The van der Waals surface area contributed by atoms with Crippen LogP contribution in [0.15, 0.2) is 40.9 Å². The van der Waals surface area contributed by atoms with Crippen LogP contribution >= 0.6 is 11.3 Å². The summed E-state index contributed by atoms with van der Waals surface area (Å²) in [4.78, 5) is 26.7. The number of anilines is 1. The van der Waals surface area contributed by atoms with E-state index in [2.05, 4.69) is 14.9 Å². The summed E-state index contributed by atoms with van der Waals surface area (Å²) in [5, 5.41) is 3.03. The standard InChI is InChI=1S/C19H20N4O3S2/c1-13-3-4-14(11-16(13)28(2,25)26)19(24)23-8-6-22(7-9-23)17-15-5-10-27-18(15)21-12-20-17/h3-5,10-12H,6-9H2,1-2H3. The largest absolute Gasteiger partial charge is 0.352 e. The molecule has 1 amide bonds. The normalized spacial score (nSPS) is 15.2. The van der Waals surface area contributed by atoms with E-state index in [1.165, 1.54) is 6.07 Å². The Kier molecular flexibility index (Phi) is 4.80. The molecule has 4 rings (SSSR count). The summed E-state index contributed by atoms with van der Waals surface area (Å²) in [6.07, 6.45) is 2.74. The Hall–Kier alpha value is -2.52. The number of sulfone groups is 1. The molecule has 0 bridgehead atoms. The molecule has 3 aromatic rings. The number of carbonyl (C=O) groups is 1. The fourth-order valence-corrected chi connectivity index (χ4v) is 5.19.